The average molecular weight is 602 g/mol. The number of anilines is 3. The van der Waals surface area contributed by atoms with Gasteiger partial charge >= 0.3 is 0 Å². The molecule has 0 bridgehead atoms. The Balaban J connectivity index is 0.00000387. The molecule has 1 aromatic heterocycles. The van der Waals surface area contributed by atoms with Gasteiger partial charge in [0.25, 0.3) is 15.9 Å². The molecule has 0 saturated carbocycles. The number of aromatic nitrogens is 2. The number of rotatable bonds is 8. The number of nitrogens with one attached hydrogen (secondary N) is 2. The van der Waals surface area contributed by atoms with Crippen molar-refractivity contribution in [3.63, 3.8) is 0 Å². The van der Waals surface area contributed by atoms with Gasteiger partial charge in [-0.3, -0.25) is 9.52 Å². The molecule has 1 aliphatic rings. The number of carbonyl (C=O) groups is 1. The Bertz CT molecular complexity index is 1640. The Morgan fingerprint density at radius 1 is 0.829 bits per heavy atom. The number of hydrogen-bond acceptors (Lipinski definition) is 9. The van der Waals surface area contributed by atoms with E-state index >= 15 is 0 Å². The van der Waals surface area contributed by atoms with Crippen LogP contribution in [0, 0.1) is 0 Å². The van der Waals surface area contributed by atoms with Crippen molar-refractivity contribution in [1.29, 1.82) is 0 Å². The second-order valence-electron chi connectivity index (χ2n) is 9.36. The Kier molecular flexibility index (Phi) is 10.2. The number of nitrogens with zero attached hydrogens (tertiary/aromatic N) is 4. The molecule has 0 unspecified atom stereocenters. The zero-order chi connectivity index (χ0) is 28.3. The fourth-order valence-electron chi connectivity index (χ4n) is 4.35. The Morgan fingerprint density at radius 3 is 2.05 bits per heavy atom. The predicted octanol–water partition coefficient (Wildman–Crippen LogP) is 3.20. The molecule has 1 amide bonds. The Hall–Kier alpha value is -2.78. The second-order valence-corrected chi connectivity index (χ2v) is 11.0. The molecule has 4 aromatic rings. The van der Waals surface area contributed by atoms with E-state index in [9.17, 15) is 13.2 Å². The van der Waals surface area contributed by atoms with Crippen LogP contribution in [0.15, 0.2) is 71.6 Å². The molecular weight excluding hydrogens is 572 g/mol. The van der Waals surface area contributed by atoms with E-state index in [1.165, 1.54) is 26.4 Å². The summed E-state index contributed by atoms with van der Waals surface area (Å²) in [5.74, 6) is 1.06. The third-order valence-corrected chi connectivity index (χ3v) is 7.93. The van der Waals surface area contributed by atoms with Crippen molar-refractivity contribution in [2.75, 3.05) is 57.5 Å². The van der Waals surface area contributed by atoms with Crippen molar-refractivity contribution >= 4 is 95.7 Å². The molecule has 2 N–H and O–H groups in total. The maximum absolute atomic E-state index is 13.6. The van der Waals surface area contributed by atoms with Crippen LogP contribution >= 0.6 is 0 Å². The molecule has 11 nitrogen and oxygen atoms in total. The Morgan fingerprint density at radius 2 is 1.44 bits per heavy atom. The monoisotopic (exact) mass is 601 g/mol. The van der Waals surface area contributed by atoms with E-state index in [-0.39, 0.29) is 73.8 Å². The van der Waals surface area contributed by atoms with Crippen LogP contribution in [0.2, 0.25) is 0 Å². The molecule has 1 aliphatic heterocycles. The van der Waals surface area contributed by atoms with Gasteiger partial charge < -0.3 is 24.6 Å². The number of hydrogen-bond donors (Lipinski definition) is 2. The summed E-state index contributed by atoms with van der Waals surface area (Å²) in [4.78, 5) is 26.1. The van der Waals surface area contributed by atoms with Crippen molar-refractivity contribution in [2.24, 2.45) is 0 Å². The molecule has 41 heavy (non-hydrogen) atoms. The van der Waals surface area contributed by atoms with Crippen LogP contribution in [0.4, 0.5) is 17.3 Å². The molecule has 0 spiro atoms. The number of piperazine rings is 1. The van der Waals surface area contributed by atoms with Gasteiger partial charge in [0.2, 0.25) is 0 Å². The summed E-state index contributed by atoms with van der Waals surface area (Å²) in [6, 6.07) is 18.3. The van der Waals surface area contributed by atoms with Crippen molar-refractivity contribution in [1.82, 2.24) is 19.8 Å². The fourth-order valence-corrected chi connectivity index (χ4v) is 5.40. The van der Waals surface area contributed by atoms with Gasteiger partial charge in [0.15, 0.2) is 11.6 Å². The van der Waals surface area contributed by atoms with Gasteiger partial charge in [0, 0.05) is 107 Å². The predicted molar refractivity (Wildman–Crippen MR) is 159 cm³/mol. The summed E-state index contributed by atoms with van der Waals surface area (Å²) in [7, 11) is 0.942. The summed E-state index contributed by atoms with van der Waals surface area (Å²) in [6.07, 6.45) is 0. The summed E-state index contributed by atoms with van der Waals surface area (Å²) in [5, 5.41) is 3.14. The number of carbonyl (C=O) groups excluding carboxylic acids is 1. The molecule has 5 rings (SSSR count). The van der Waals surface area contributed by atoms with E-state index in [2.05, 4.69) is 24.9 Å². The van der Waals surface area contributed by atoms with Crippen molar-refractivity contribution in [3.8, 4) is 11.5 Å². The first-order valence-corrected chi connectivity index (χ1v) is 14.1. The Labute approximate surface area is 281 Å². The first-order valence-electron chi connectivity index (χ1n) is 12.6. The largest absolute Gasteiger partial charge is 0.497 e. The van der Waals surface area contributed by atoms with E-state index in [1.807, 2.05) is 13.1 Å². The number of methoxy groups -OCH3 is 2. The van der Waals surface area contributed by atoms with Crippen LogP contribution in [0.5, 0.6) is 11.5 Å². The number of fused-ring (bicyclic) bond motifs is 1. The molecule has 2 heterocycles. The molecule has 13 heteroatoms. The zero-order valence-corrected chi connectivity index (χ0v) is 27.4. The van der Waals surface area contributed by atoms with Crippen LogP contribution in [-0.4, -0.2) is 133 Å². The standard InChI is InChI=1S/C28H30N6O5S.K/c1-33-11-13-34(14-12-33)28(35)19-7-6-8-23(15-19)40(36,37)32-27-26(30-24-9-4-5-10-25(24)31-27)29-20-16-21(38-2)18-22(17-20)39-3;/h4-10,15-18H,11-14H2,1-3H3,(H,29,30)(H,31,32);. The minimum absolute atomic E-state index is 0. The summed E-state index contributed by atoms with van der Waals surface area (Å²) < 4.78 is 40.4. The number of sulfonamides is 1. The van der Waals surface area contributed by atoms with E-state index < -0.39 is 10.0 Å². The van der Waals surface area contributed by atoms with Crippen LogP contribution < -0.4 is 19.5 Å². The first kappa shape index (κ1) is 31.2. The normalized spacial score (nSPS) is 13.8. The van der Waals surface area contributed by atoms with Crippen molar-refractivity contribution < 1.29 is 22.7 Å². The zero-order valence-electron chi connectivity index (χ0n) is 23.4. The molecule has 0 aliphatic carbocycles. The SMILES string of the molecule is COc1cc(Nc2nc3ccccc3nc2NS(=O)(=O)c2cccc(C(=O)N3CCN(C)CC3)c2)cc(OC)c1.[K]. The minimum atomic E-state index is -4.14. The van der Waals surface area contributed by atoms with Crippen molar-refractivity contribution in [2.45, 2.75) is 4.90 Å². The molecule has 1 fully saturated rings. The number of amides is 1. The molecule has 3 aromatic carbocycles. The number of benzene rings is 3. The maximum atomic E-state index is 13.6. The fraction of sp³-hybridized carbons (Fsp3) is 0.250. The second kappa shape index (κ2) is 13.5. The van der Waals surface area contributed by atoms with E-state index in [0.29, 0.717) is 46.9 Å². The van der Waals surface area contributed by atoms with Crippen LogP contribution in [0.1, 0.15) is 10.4 Å². The number of ether oxygens (including phenoxy) is 2. The van der Waals surface area contributed by atoms with Gasteiger partial charge in [0.05, 0.1) is 30.1 Å². The molecule has 209 valence electrons. The topological polar surface area (TPSA) is 126 Å². The van der Waals surface area contributed by atoms with Gasteiger partial charge in [0.1, 0.15) is 11.5 Å². The van der Waals surface area contributed by atoms with Crippen LogP contribution in [0.3, 0.4) is 0 Å². The van der Waals surface area contributed by atoms with Gasteiger partial charge in [-0.05, 0) is 37.4 Å². The van der Waals surface area contributed by atoms with Crippen molar-refractivity contribution in [3.05, 3.63) is 72.3 Å². The van der Waals surface area contributed by atoms with Crippen LogP contribution in [0.25, 0.3) is 11.0 Å². The maximum Gasteiger partial charge on any atom is 0.263 e. The van der Waals surface area contributed by atoms with Gasteiger partial charge in [-0.15, -0.1) is 0 Å². The third kappa shape index (κ3) is 7.36. The molecule has 0 atom stereocenters. The average Bonchev–Trinajstić information content (AvgIpc) is 2.97. The quantitative estimate of drug-likeness (QED) is 0.293. The smallest absolute Gasteiger partial charge is 0.263 e. The summed E-state index contributed by atoms with van der Waals surface area (Å²) in [5.41, 5.74) is 1.94. The van der Waals surface area contributed by atoms with Gasteiger partial charge in [-0.2, -0.15) is 0 Å². The minimum Gasteiger partial charge on any atom is -0.497 e. The number of para-hydroxylation sites is 2. The van der Waals surface area contributed by atoms with Gasteiger partial charge in [-0.25, -0.2) is 18.4 Å². The molecular formula is C28H30KN6O5S. The third-order valence-electron chi connectivity index (χ3n) is 6.60. The van der Waals surface area contributed by atoms with E-state index in [0.717, 1.165) is 13.1 Å². The van der Waals surface area contributed by atoms with E-state index in [1.54, 1.807) is 53.4 Å². The molecule has 1 radical (unpaired) electrons. The number of likely N-dealkylation sites (N-methyl/N-ethyl adjacent to an activating group) is 1. The van der Waals surface area contributed by atoms with Gasteiger partial charge in [-0.1, -0.05) is 18.2 Å². The molecule has 1 saturated heterocycles. The van der Waals surface area contributed by atoms with Crippen LogP contribution in [-0.2, 0) is 10.0 Å². The first-order chi connectivity index (χ1) is 19.3. The van der Waals surface area contributed by atoms with E-state index in [4.69, 9.17) is 9.47 Å². The summed E-state index contributed by atoms with van der Waals surface area (Å²) >= 11 is 0. The summed E-state index contributed by atoms with van der Waals surface area (Å²) in [6.45, 7) is 2.70.